The van der Waals surface area contributed by atoms with Gasteiger partial charge >= 0.3 is 0 Å². The molecule has 1 atom stereocenters. The van der Waals surface area contributed by atoms with E-state index >= 15 is 0 Å². The Morgan fingerprint density at radius 3 is 2.85 bits per heavy atom. The summed E-state index contributed by atoms with van der Waals surface area (Å²) in [4.78, 5) is 8.35. The fraction of sp³-hybridized carbons (Fsp3) is 0.286. The van der Waals surface area contributed by atoms with Crippen LogP contribution in [0.5, 0.6) is 0 Å². The van der Waals surface area contributed by atoms with Crippen LogP contribution in [0.3, 0.4) is 0 Å². The molecule has 0 amide bonds. The van der Waals surface area contributed by atoms with Crippen LogP contribution in [-0.2, 0) is 11.3 Å². The average molecular weight is 276 g/mol. The summed E-state index contributed by atoms with van der Waals surface area (Å²) < 4.78 is 18.2. The van der Waals surface area contributed by atoms with Gasteiger partial charge in [0.2, 0.25) is 0 Å². The number of hydrogen-bond acceptors (Lipinski definition) is 5. The van der Waals surface area contributed by atoms with Gasteiger partial charge in [0.15, 0.2) is 5.82 Å². The number of rotatable bonds is 5. The number of nitrogens with one attached hydrogen (secondary N) is 1. The second-order valence-electron chi connectivity index (χ2n) is 4.45. The van der Waals surface area contributed by atoms with E-state index in [1.165, 1.54) is 12.1 Å². The van der Waals surface area contributed by atoms with Crippen molar-refractivity contribution < 1.29 is 9.13 Å². The summed E-state index contributed by atoms with van der Waals surface area (Å²) in [5.74, 6) is 1.18. The molecule has 0 aliphatic carbocycles. The number of nitrogens with zero attached hydrogens (tertiary/aromatic N) is 2. The van der Waals surface area contributed by atoms with Gasteiger partial charge in [0.1, 0.15) is 24.1 Å². The van der Waals surface area contributed by atoms with E-state index in [4.69, 9.17) is 10.5 Å². The summed E-state index contributed by atoms with van der Waals surface area (Å²) in [6.45, 7) is 2.21. The van der Waals surface area contributed by atoms with Crippen LogP contribution in [-0.4, -0.2) is 17.1 Å². The van der Waals surface area contributed by atoms with Gasteiger partial charge in [-0.25, -0.2) is 14.4 Å². The van der Waals surface area contributed by atoms with Gasteiger partial charge < -0.3 is 15.8 Å². The molecule has 5 nitrogen and oxygen atoms in total. The third-order valence-electron chi connectivity index (χ3n) is 2.78. The lowest BCUT2D eigenvalue weighted by Crippen LogP contribution is -2.11. The van der Waals surface area contributed by atoms with Crippen molar-refractivity contribution in [3.05, 3.63) is 47.5 Å². The molecule has 0 saturated carbocycles. The van der Waals surface area contributed by atoms with E-state index in [0.717, 1.165) is 5.56 Å². The molecular weight excluding hydrogens is 259 g/mol. The van der Waals surface area contributed by atoms with Crippen LogP contribution < -0.4 is 11.1 Å². The zero-order valence-electron chi connectivity index (χ0n) is 11.4. The molecule has 0 radical (unpaired) electrons. The summed E-state index contributed by atoms with van der Waals surface area (Å²) in [6, 6.07) is 7.95. The van der Waals surface area contributed by atoms with Crippen LogP contribution in [0, 0.1) is 5.82 Å². The first-order chi connectivity index (χ1) is 9.58. The van der Waals surface area contributed by atoms with Gasteiger partial charge in [-0.1, -0.05) is 12.1 Å². The van der Waals surface area contributed by atoms with Crippen LogP contribution in [0.4, 0.5) is 16.0 Å². The van der Waals surface area contributed by atoms with Crippen LogP contribution >= 0.6 is 0 Å². The highest BCUT2D eigenvalue weighted by Gasteiger charge is 2.09. The second kappa shape index (κ2) is 6.29. The molecule has 1 unspecified atom stereocenters. The smallest absolute Gasteiger partial charge is 0.158 e. The summed E-state index contributed by atoms with van der Waals surface area (Å²) in [5, 5.41) is 3.17. The van der Waals surface area contributed by atoms with Gasteiger partial charge in [-0.15, -0.1) is 0 Å². The number of methoxy groups -OCH3 is 1. The van der Waals surface area contributed by atoms with E-state index in [2.05, 4.69) is 15.3 Å². The number of aromatic nitrogens is 2. The number of benzene rings is 1. The molecule has 6 heteroatoms. The Morgan fingerprint density at radius 2 is 2.15 bits per heavy atom. The molecule has 0 fully saturated rings. The Bertz CT molecular complexity index is 591. The molecule has 106 valence electrons. The van der Waals surface area contributed by atoms with Crippen molar-refractivity contribution >= 4 is 11.6 Å². The molecule has 0 aliphatic heterocycles. The van der Waals surface area contributed by atoms with Crippen molar-refractivity contribution in [1.29, 1.82) is 0 Å². The first-order valence-electron chi connectivity index (χ1n) is 6.23. The van der Waals surface area contributed by atoms with Crippen molar-refractivity contribution in [3.63, 3.8) is 0 Å². The minimum absolute atomic E-state index is 0.101. The molecule has 0 bridgehead atoms. The number of hydrogen-bond donors (Lipinski definition) is 2. The largest absolute Gasteiger partial charge is 0.384 e. The standard InChI is InChI=1S/C14H17FN4O/c1-9(10-4-3-5-11(15)6-10)17-13-7-12(16)18-14(19-13)8-20-2/h3-7,9H,8H2,1-2H3,(H3,16,17,18,19). The van der Waals surface area contributed by atoms with E-state index in [0.29, 0.717) is 17.5 Å². The van der Waals surface area contributed by atoms with E-state index in [1.807, 2.05) is 13.0 Å². The lowest BCUT2D eigenvalue weighted by atomic mass is 10.1. The number of halogens is 1. The first kappa shape index (κ1) is 14.2. The van der Waals surface area contributed by atoms with Gasteiger partial charge in [0.05, 0.1) is 6.04 Å². The molecule has 2 aromatic rings. The quantitative estimate of drug-likeness (QED) is 0.877. The third-order valence-corrected chi connectivity index (χ3v) is 2.78. The maximum atomic E-state index is 13.2. The highest BCUT2D eigenvalue weighted by molar-refractivity contribution is 5.46. The summed E-state index contributed by atoms with van der Waals surface area (Å²) in [6.07, 6.45) is 0. The predicted molar refractivity (Wildman–Crippen MR) is 75.6 cm³/mol. The summed E-state index contributed by atoms with van der Waals surface area (Å²) in [5.41, 5.74) is 6.55. The molecule has 2 rings (SSSR count). The SMILES string of the molecule is COCc1nc(N)cc(NC(C)c2cccc(F)c2)n1. The zero-order valence-corrected chi connectivity index (χ0v) is 11.4. The fourth-order valence-electron chi connectivity index (χ4n) is 1.87. The van der Waals surface area contributed by atoms with Gasteiger partial charge in [0.25, 0.3) is 0 Å². The van der Waals surface area contributed by atoms with Crippen molar-refractivity contribution in [2.75, 3.05) is 18.2 Å². The van der Waals surface area contributed by atoms with Crippen LogP contribution in [0.2, 0.25) is 0 Å². The monoisotopic (exact) mass is 276 g/mol. The highest BCUT2D eigenvalue weighted by atomic mass is 19.1. The molecular formula is C14H17FN4O. The zero-order chi connectivity index (χ0) is 14.5. The lowest BCUT2D eigenvalue weighted by molar-refractivity contribution is 0.178. The Balaban J connectivity index is 2.16. The number of nitrogens with two attached hydrogens (primary N) is 1. The Hall–Kier alpha value is -2.21. The van der Waals surface area contributed by atoms with E-state index in [9.17, 15) is 4.39 Å². The second-order valence-corrected chi connectivity index (χ2v) is 4.45. The maximum absolute atomic E-state index is 13.2. The molecule has 1 aromatic carbocycles. The Labute approximate surface area is 117 Å². The summed E-state index contributed by atoms with van der Waals surface area (Å²) >= 11 is 0. The summed E-state index contributed by atoms with van der Waals surface area (Å²) in [7, 11) is 1.56. The molecule has 0 aliphatic rings. The number of nitrogen functional groups attached to an aromatic ring is 1. The normalized spacial score (nSPS) is 12.2. The van der Waals surface area contributed by atoms with Crippen molar-refractivity contribution in [2.24, 2.45) is 0 Å². The molecule has 3 N–H and O–H groups in total. The topological polar surface area (TPSA) is 73.1 Å². The van der Waals surface area contributed by atoms with Crippen LogP contribution in [0.25, 0.3) is 0 Å². The van der Waals surface area contributed by atoms with Gasteiger partial charge in [-0.2, -0.15) is 0 Å². The Kier molecular flexibility index (Phi) is 4.47. The minimum atomic E-state index is -0.265. The van der Waals surface area contributed by atoms with Crippen LogP contribution in [0.1, 0.15) is 24.4 Å². The average Bonchev–Trinajstić information content (AvgIpc) is 2.38. The van der Waals surface area contributed by atoms with Gasteiger partial charge in [-0.3, -0.25) is 0 Å². The number of anilines is 2. The molecule has 0 spiro atoms. The Morgan fingerprint density at radius 1 is 1.35 bits per heavy atom. The first-order valence-corrected chi connectivity index (χ1v) is 6.23. The lowest BCUT2D eigenvalue weighted by Gasteiger charge is -2.15. The van der Waals surface area contributed by atoms with E-state index < -0.39 is 0 Å². The van der Waals surface area contributed by atoms with Gasteiger partial charge in [-0.05, 0) is 24.6 Å². The van der Waals surface area contributed by atoms with E-state index in [1.54, 1.807) is 19.2 Å². The van der Waals surface area contributed by atoms with Crippen molar-refractivity contribution in [1.82, 2.24) is 9.97 Å². The third kappa shape index (κ3) is 3.64. The number of ether oxygens (including phenoxy) is 1. The molecule has 1 aromatic heterocycles. The molecule has 1 heterocycles. The van der Waals surface area contributed by atoms with Gasteiger partial charge in [0, 0.05) is 13.2 Å². The van der Waals surface area contributed by atoms with Crippen LogP contribution in [0.15, 0.2) is 30.3 Å². The highest BCUT2D eigenvalue weighted by Crippen LogP contribution is 2.19. The molecule has 0 saturated heterocycles. The van der Waals surface area contributed by atoms with Crippen molar-refractivity contribution in [3.8, 4) is 0 Å². The predicted octanol–water partition coefficient (Wildman–Crippen LogP) is 2.52. The maximum Gasteiger partial charge on any atom is 0.158 e. The minimum Gasteiger partial charge on any atom is -0.384 e. The van der Waals surface area contributed by atoms with E-state index in [-0.39, 0.29) is 18.5 Å². The van der Waals surface area contributed by atoms with Crippen molar-refractivity contribution in [2.45, 2.75) is 19.6 Å². The molecule has 20 heavy (non-hydrogen) atoms. The fourth-order valence-corrected chi connectivity index (χ4v) is 1.87.